The van der Waals surface area contributed by atoms with Gasteiger partial charge in [-0.1, -0.05) is 23.2 Å². The largest absolute Gasteiger partial charge is 0.312 e. The van der Waals surface area contributed by atoms with Crippen molar-refractivity contribution in [3.05, 3.63) is 22.4 Å². The smallest absolute Gasteiger partial charge is 0.302 e. The summed E-state index contributed by atoms with van der Waals surface area (Å²) in [7, 11) is -4.60. The Bertz CT molecular complexity index is 603. The Kier molecular flexibility index (Phi) is 3.98. The molecule has 5 nitrogen and oxygen atoms in total. The Hall–Kier alpha value is -0.920. The Morgan fingerprint density at radius 2 is 1.95 bits per heavy atom. The lowest BCUT2D eigenvalue weighted by Crippen LogP contribution is -2.25. The summed E-state index contributed by atoms with van der Waals surface area (Å²) in [5.41, 5.74) is 0.425. The summed E-state index contributed by atoms with van der Waals surface area (Å²) in [6, 6.07) is 2.88. The Labute approximate surface area is 119 Å². The van der Waals surface area contributed by atoms with Gasteiger partial charge in [-0.25, -0.2) is 4.98 Å². The van der Waals surface area contributed by atoms with E-state index in [2.05, 4.69) is 4.98 Å². The predicted octanol–water partition coefficient (Wildman–Crippen LogP) is 2.04. The van der Waals surface area contributed by atoms with Gasteiger partial charge in [0, 0.05) is 24.6 Å². The third-order valence-corrected chi connectivity index (χ3v) is 3.96. The second-order valence-corrected chi connectivity index (χ2v) is 6.44. The van der Waals surface area contributed by atoms with Gasteiger partial charge in [-0.2, -0.15) is 8.42 Å². The van der Waals surface area contributed by atoms with Crippen molar-refractivity contribution in [1.82, 2.24) is 4.98 Å². The lowest BCUT2D eigenvalue weighted by molar-refractivity contribution is -0.117. The highest BCUT2D eigenvalue weighted by molar-refractivity contribution is 7.86. The number of rotatable bonds is 3. The van der Waals surface area contributed by atoms with E-state index in [9.17, 15) is 17.1 Å². The van der Waals surface area contributed by atoms with Crippen LogP contribution in [0.2, 0.25) is 10.3 Å². The Morgan fingerprint density at radius 3 is 2.47 bits per heavy atom. The molecule has 0 N–H and O–H groups in total. The predicted molar refractivity (Wildman–Crippen MR) is 69.6 cm³/mol. The zero-order valence-electron chi connectivity index (χ0n) is 9.51. The molecule has 1 atom stereocenters. The average molecular weight is 327 g/mol. The maximum Gasteiger partial charge on any atom is 0.302 e. The van der Waals surface area contributed by atoms with E-state index in [1.807, 2.05) is 0 Å². The van der Waals surface area contributed by atoms with Crippen LogP contribution in [0.1, 0.15) is 6.42 Å². The molecule has 19 heavy (non-hydrogen) atoms. The molecule has 1 amide bonds. The van der Waals surface area contributed by atoms with Gasteiger partial charge in [-0.3, -0.25) is 4.79 Å². The highest BCUT2D eigenvalue weighted by atomic mass is 35.5. The molecule has 0 saturated carbocycles. The zero-order valence-corrected chi connectivity index (χ0v) is 11.8. The summed E-state index contributed by atoms with van der Waals surface area (Å²) in [6.45, 7) is 0.110. The van der Waals surface area contributed by atoms with Gasteiger partial charge in [0.15, 0.2) is 0 Å². The van der Waals surface area contributed by atoms with Crippen molar-refractivity contribution in [2.75, 3.05) is 17.2 Å². The van der Waals surface area contributed by atoms with Gasteiger partial charge >= 0.3 is 10.2 Å². The molecule has 0 aromatic carbocycles. The molecular formula is C10H9Cl2FN2O3S. The van der Waals surface area contributed by atoms with Gasteiger partial charge in [-0.05, 0) is 12.1 Å². The minimum atomic E-state index is -4.60. The molecule has 0 bridgehead atoms. The van der Waals surface area contributed by atoms with E-state index < -0.39 is 21.9 Å². The SMILES string of the molecule is O=C1CC(CS(=O)(=O)F)CN1c1cc(Cl)nc(Cl)c1. The molecule has 0 spiro atoms. The summed E-state index contributed by atoms with van der Waals surface area (Å²) in [4.78, 5) is 16.9. The lowest BCUT2D eigenvalue weighted by atomic mass is 10.1. The van der Waals surface area contributed by atoms with Crippen LogP contribution in [-0.4, -0.2) is 31.6 Å². The van der Waals surface area contributed by atoms with Gasteiger partial charge in [0.05, 0.1) is 5.75 Å². The van der Waals surface area contributed by atoms with E-state index >= 15 is 0 Å². The van der Waals surface area contributed by atoms with Crippen molar-refractivity contribution < 1.29 is 17.1 Å². The molecule has 2 heterocycles. The molecule has 1 aliphatic rings. The maximum absolute atomic E-state index is 12.6. The van der Waals surface area contributed by atoms with Crippen molar-refractivity contribution >= 4 is 45.0 Å². The van der Waals surface area contributed by atoms with Crippen LogP contribution in [0.5, 0.6) is 0 Å². The molecule has 1 aromatic rings. The van der Waals surface area contributed by atoms with Crippen LogP contribution in [0, 0.1) is 5.92 Å². The first-order valence-electron chi connectivity index (χ1n) is 5.30. The van der Waals surface area contributed by atoms with E-state index in [0.29, 0.717) is 5.69 Å². The Morgan fingerprint density at radius 1 is 1.37 bits per heavy atom. The minimum absolute atomic E-state index is 0.0271. The third-order valence-electron chi connectivity index (χ3n) is 2.70. The standard InChI is InChI=1S/C10H9Cl2FN2O3S/c11-8-2-7(3-9(12)14-8)15-4-6(1-10(15)16)5-19(13,17)18/h2-3,6H,1,4-5H2. The number of pyridine rings is 1. The molecule has 1 aromatic heterocycles. The summed E-state index contributed by atoms with van der Waals surface area (Å²) >= 11 is 11.5. The molecule has 1 unspecified atom stereocenters. The highest BCUT2D eigenvalue weighted by Crippen LogP contribution is 2.29. The number of aromatic nitrogens is 1. The molecule has 104 valence electrons. The fourth-order valence-electron chi connectivity index (χ4n) is 2.03. The molecule has 1 aliphatic heterocycles. The van der Waals surface area contributed by atoms with Gasteiger partial charge in [-0.15, -0.1) is 3.89 Å². The van der Waals surface area contributed by atoms with Crippen LogP contribution in [-0.2, 0) is 15.0 Å². The summed E-state index contributed by atoms with van der Waals surface area (Å²) < 4.78 is 33.8. The third kappa shape index (κ3) is 3.77. The van der Waals surface area contributed by atoms with Crippen molar-refractivity contribution in [3.63, 3.8) is 0 Å². The molecule has 0 aliphatic carbocycles. The number of amides is 1. The van der Waals surface area contributed by atoms with Crippen molar-refractivity contribution in [2.24, 2.45) is 5.92 Å². The topological polar surface area (TPSA) is 67.3 Å². The fraction of sp³-hybridized carbons (Fsp3) is 0.400. The molecule has 2 rings (SSSR count). The minimum Gasteiger partial charge on any atom is -0.312 e. The monoisotopic (exact) mass is 326 g/mol. The summed E-state index contributed by atoms with van der Waals surface area (Å²) in [6.07, 6.45) is -0.0271. The van der Waals surface area contributed by atoms with Crippen LogP contribution in [0.4, 0.5) is 9.57 Å². The second kappa shape index (κ2) is 5.22. The number of carbonyl (C=O) groups is 1. The van der Waals surface area contributed by atoms with Crippen molar-refractivity contribution in [1.29, 1.82) is 0 Å². The number of hydrogen-bond donors (Lipinski definition) is 0. The fourth-order valence-corrected chi connectivity index (χ4v) is 3.27. The van der Waals surface area contributed by atoms with Crippen LogP contribution < -0.4 is 4.90 Å². The molecule has 9 heteroatoms. The van der Waals surface area contributed by atoms with Crippen LogP contribution in [0.25, 0.3) is 0 Å². The first-order valence-corrected chi connectivity index (χ1v) is 7.61. The van der Waals surface area contributed by atoms with Gasteiger partial charge in [0.2, 0.25) is 5.91 Å². The maximum atomic E-state index is 12.6. The van der Waals surface area contributed by atoms with Crippen LogP contribution in [0.15, 0.2) is 12.1 Å². The highest BCUT2D eigenvalue weighted by Gasteiger charge is 2.33. The van der Waals surface area contributed by atoms with Gasteiger partial charge in [0.25, 0.3) is 0 Å². The Balaban J connectivity index is 2.20. The lowest BCUT2D eigenvalue weighted by Gasteiger charge is -2.16. The van der Waals surface area contributed by atoms with Crippen LogP contribution >= 0.6 is 23.2 Å². The summed E-state index contributed by atoms with van der Waals surface area (Å²) in [5, 5.41) is 0.244. The molecule has 1 fully saturated rings. The number of carbonyl (C=O) groups excluding carboxylic acids is 1. The zero-order chi connectivity index (χ0) is 14.2. The van der Waals surface area contributed by atoms with Crippen molar-refractivity contribution in [2.45, 2.75) is 6.42 Å². The molecule has 0 radical (unpaired) electrons. The first-order chi connectivity index (χ1) is 8.74. The molecular weight excluding hydrogens is 318 g/mol. The van der Waals surface area contributed by atoms with Crippen LogP contribution in [0.3, 0.4) is 0 Å². The molecule has 1 saturated heterocycles. The number of anilines is 1. The van der Waals surface area contributed by atoms with Gasteiger partial charge in [0.1, 0.15) is 10.3 Å². The number of hydrogen-bond acceptors (Lipinski definition) is 4. The van der Waals surface area contributed by atoms with Gasteiger partial charge < -0.3 is 4.90 Å². The van der Waals surface area contributed by atoms with E-state index in [1.165, 1.54) is 17.0 Å². The normalized spacial score (nSPS) is 20.1. The van der Waals surface area contributed by atoms with E-state index in [1.54, 1.807) is 0 Å². The van der Waals surface area contributed by atoms with E-state index in [4.69, 9.17) is 23.2 Å². The average Bonchev–Trinajstić information content (AvgIpc) is 2.54. The van der Waals surface area contributed by atoms with E-state index in [0.717, 1.165) is 0 Å². The number of nitrogens with zero attached hydrogens (tertiary/aromatic N) is 2. The second-order valence-electron chi connectivity index (χ2n) is 4.25. The number of halogens is 3. The van der Waals surface area contributed by atoms with Crippen molar-refractivity contribution in [3.8, 4) is 0 Å². The summed E-state index contributed by atoms with van der Waals surface area (Å²) in [5.74, 6) is -1.54. The quantitative estimate of drug-likeness (QED) is 0.629. The van der Waals surface area contributed by atoms with E-state index in [-0.39, 0.29) is 29.2 Å². The first kappa shape index (κ1) is 14.5.